The molecule has 0 saturated heterocycles. The Bertz CT molecular complexity index is 557. The predicted molar refractivity (Wildman–Crippen MR) is 81.0 cm³/mol. The lowest BCUT2D eigenvalue weighted by Gasteiger charge is -2.06. The molecular weight excluding hydrogens is 274 g/mol. The van der Waals surface area contributed by atoms with E-state index in [1.807, 2.05) is 6.92 Å². The van der Waals surface area contributed by atoms with Crippen molar-refractivity contribution in [3.63, 3.8) is 0 Å². The normalized spacial score (nSPS) is 10.5. The van der Waals surface area contributed by atoms with Crippen molar-refractivity contribution in [3.05, 3.63) is 21.9 Å². The summed E-state index contributed by atoms with van der Waals surface area (Å²) in [6.45, 7) is 5.40. The predicted octanol–water partition coefficient (Wildman–Crippen LogP) is 2.48. The molecule has 0 aliphatic heterocycles. The number of anilines is 2. The molecule has 7 heteroatoms. The van der Waals surface area contributed by atoms with Crippen LogP contribution in [0.5, 0.6) is 6.01 Å². The molecule has 3 N–H and O–H groups in total. The van der Waals surface area contributed by atoms with Crippen LogP contribution in [0.2, 0.25) is 0 Å². The molecule has 0 unspecified atom stereocenters. The highest BCUT2D eigenvalue weighted by molar-refractivity contribution is 7.12. The molecule has 0 atom stereocenters. The maximum absolute atomic E-state index is 5.65. The van der Waals surface area contributed by atoms with E-state index in [2.05, 4.69) is 39.3 Å². The summed E-state index contributed by atoms with van der Waals surface area (Å²) in [4.78, 5) is 14.8. The summed E-state index contributed by atoms with van der Waals surface area (Å²) in [5.74, 6) is 0.601. The summed E-state index contributed by atoms with van der Waals surface area (Å²) in [7, 11) is 0. The van der Waals surface area contributed by atoms with Gasteiger partial charge in [0, 0.05) is 9.75 Å². The second-order valence-electron chi connectivity index (χ2n) is 4.22. The van der Waals surface area contributed by atoms with Crippen LogP contribution in [0.25, 0.3) is 0 Å². The van der Waals surface area contributed by atoms with Gasteiger partial charge < -0.3 is 15.8 Å². The zero-order valence-corrected chi connectivity index (χ0v) is 12.5. The van der Waals surface area contributed by atoms with E-state index in [4.69, 9.17) is 10.5 Å². The van der Waals surface area contributed by atoms with Crippen molar-refractivity contribution < 1.29 is 4.74 Å². The van der Waals surface area contributed by atoms with Gasteiger partial charge in [0.1, 0.15) is 0 Å². The van der Waals surface area contributed by atoms with Gasteiger partial charge in [0.2, 0.25) is 11.9 Å². The Balaban J connectivity index is 1.99. The van der Waals surface area contributed by atoms with E-state index < -0.39 is 0 Å². The number of thiophene rings is 1. The number of hydrogen-bond acceptors (Lipinski definition) is 7. The number of nitrogens with zero attached hydrogens (tertiary/aromatic N) is 3. The minimum absolute atomic E-state index is 0.161. The molecule has 2 heterocycles. The molecule has 0 saturated carbocycles. The van der Waals surface area contributed by atoms with Crippen molar-refractivity contribution in [1.29, 1.82) is 0 Å². The summed E-state index contributed by atoms with van der Waals surface area (Å²) in [5, 5.41) is 3.14. The van der Waals surface area contributed by atoms with E-state index in [0.29, 0.717) is 19.1 Å². The highest BCUT2D eigenvalue weighted by Gasteiger charge is 2.06. The SMILES string of the molecule is CCCOc1nc(N)nc(NCc2ccc(CC)s2)n1. The van der Waals surface area contributed by atoms with Crippen molar-refractivity contribution in [2.75, 3.05) is 17.7 Å². The third kappa shape index (κ3) is 4.06. The van der Waals surface area contributed by atoms with Gasteiger partial charge in [0.15, 0.2) is 0 Å². The number of nitrogens with one attached hydrogen (secondary N) is 1. The Labute approximate surface area is 122 Å². The van der Waals surface area contributed by atoms with Crippen molar-refractivity contribution in [2.24, 2.45) is 0 Å². The molecule has 0 aromatic carbocycles. The Kier molecular flexibility index (Phi) is 5.11. The molecule has 0 radical (unpaired) electrons. The van der Waals surface area contributed by atoms with Gasteiger partial charge in [-0.3, -0.25) is 0 Å². The minimum Gasteiger partial charge on any atom is -0.463 e. The number of rotatable bonds is 7. The average Bonchev–Trinajstić information content (AvgIpc) is 2.90. The van der Waals surface area contributed by atoms with Gasteiger partial charge in [-0.1, -0.05) is 13.8 Å². The number of aryl methyl sites for hydroxylation is 1. The highest BCUT2D eigenvalue weighted by atomic mass is 32.1. The zero-order chi connectivity index (χ0) is 14.4. The summed E-state index contributed by atoms with van der Waals surface area (Å²) in [5.41, 5.74) is 5.65. The van der Waals surface area contributed by atoms with E-state index in [1.165, 1.54) is 9.75 Å². The van der Waals surface area contributed by atoms with E-state index >= 15 is 0 Å². The van der Waals surface area contributed by atoms with Crippen LogP contribution in [0, 0.1) is 0 Å². The molecule has 2 aromatic heterocycles. The first-order valence-electron chi connectivity index (χ1n) is 6.67. The average molecular weight is 293 g/mol. The van der Waals surface area contributed by atoms with Crippen LogP contribution in [0.3, 0.4) is 0 Å². The van der Waals surface area contributed by atoms with Crippen molar-refractivity contribution in [3.8, 4) is 6.01 Å². The van der Waals surface area contributed by atoms with Crippen LogP contribution in [-0.2, 0) is 13.0 Å². The monoisotopic (exact) mass is 293 g/mol. The van der Waals surface area contributed by atoms with Crippen LogP contribution >= 0.6 is 11.3 Å². The summed E-state index contributed by atoms with van der Waals surface area (Å²) in [6, 6.07) is 4.51. The first kappa shape index (κ1) is 14.5. The van der Waals surface area contributed by atoms with E-state index in [-0.39, 0.29) is 12.0 Å². The second-order valence-corrected chi connectivity index (χ2v) is 5.48. The number of hydrogen-bond donors (Lipinski definition) is 2. The van der Waals surface area contributed by atoms with Gasteiger partial charge in [0.05, 0.1) is 13.2 Å². The van der Waals surface area contributed by atoms with Crippen LogP contribution in [0.4, 0.5) is 11.9 Å². The lowest BCUT2D eigenvalue weighted by atomic mass is 10.4. The molecular formula is C13H19N5OS. The molecule has 0 aliphatic carbocycles. The zero-order valence-electron chi connectivity index (χ0n) is 11.7. The number of ether oxygens (including phenoxy) is 1. The van der Waals surface area contributed by atoms with Gasteiger partial charge in [-0.2, -0.15) is 15.0 Å². The molecule has 20 heavy (non-hydrogen) atoms. The summed E-state index contributed by atoms with van der Waals surface area (Å²) < 4.78 is 5.37. The van der Waals surface area contributed by atoms with E-state index in [1.54, 1.807) is 11.3 Å². The topological polar surface area (TPSA) is 86.0 Å². The lowest BCUT2D eigenvalue weighted by Crippen LogP contribution is -2.09. The van der Waals surface area contributed by atoms with Gasteiger partial charge in [0.25, 0.3) is 0 Å². The van der Waals surface area contributed by atoms with Gasteiger partial charge in [-0.05, 0) is 25.0 Å². The van der Waals surface area contributed by atoms with Gasteiger partial charge in [-0.25, -0.2) is 0 Å². The lowest BCUT2D eigenvalue weighted by molar-refractivity contribution is 0.292. The van der Waals surface area contributed by atoms with Gasteiger partial charge in [-0.15, -0.1) is 11.3 Å². The highest BCUT2D eigenvalue weighted by Crippen LogP contribution is 2.18. The van der Waals surface area contributed by atoms with E-state index in [0.717, 1.165) is 12.8 Å². The largest absolute Gasteiger partial charge is 0.463 e. The van der Waals surface area contributed by atoms with Crippen molar-refractivity contribution in [2.45, 2.75) is 33.2 Å². The molecule has 0 spiro atoms. The third-order valence-electron chi connectivity index (χ3n) is 2.55. The van der Waals surface area contributed by atoms with Crippen LogP contribution < -0.4 is 15.8 Å². The molecule has 2 aromatic rings. The first-order valence-corrected chi connectivity index (χ1v) is 7.48. The van der Waals surface area contributed by atoms with Crippen LogP contribution in [-0.4, -0.2) is 21.6 Å². The van der Waals surface area contributed by atoms with E-state index in [9.17, 15) is 0 Å². The fourth-order valence-corrected chi connectivity index (χ4v) is 2.48. The number of nitrogen functional groups attached to an aromatic ring is 1. The standard InChI is InChI=1S/C13H19N5OS/c1-3-7-19-13-17-11(14)16-12(18-13)15-8-10-6-5-9(4-2)20-10/h5-6H,3-4,7-8H2,1-2H3,(H3,14,15,16,17,18). The smallest absolute Gasteiger partial charge is 0.323 e. The Morgan fingerprint density at radius 3 is 2.70 bits per heavy atom. The third-order valence-corrected chi connectivity index (χ3v) is 3.78. The summed E-state index contributed by atoms with van der Waals surface area (Å²) in [6.07, 6.45) is 1.95. The molecule has 108 valence electrons. The minimum atomic E-state index is 0.161. The Morgan fingerprint density at radius 2 is 2.00 bits per heavy atom. The molecule has 0 bridgehead atoms. The van der Waals surface area contributed by atoms with Crippen molar-refractivity contribution in [1.82, 2.24) is 15.0 Å². The van der Waals surface area contributed by atoms with Gasteiger partial charge >= 0.3 is 6.01 Å². The molecule has 2 rings (SSSR count). The fourth-order valence-electron chi connectivity index (χ4n) is 1.58. The second kappa shape index (κ2) is 7.04. The molecule has 6 nitrogen and oxygen atoms in total. The maximum Gasteiger partial charge on any atom is 0.323 e. The Hall–Kier alpha value is -1.89. The fraction of sp³-hybridized carbons (Fsp3) is 0.462. The van der Waals surface area contributed by atoms with Crippen LogP contribution in [0.1, 0.15) is 30.0 Å². The van der Waals surface area contributed by atoms with Crippen molar-refractivity contribution >= 4 is 23.2 Å². The number of nitrogens with two attached hydrogens (primary N) is 1. The molecule has 0 amide bonds. The Morgan fingerprint density at radius 1 is 1.20 bits per heavy atom. The maximum atomic E-state index is 5.65. The molecule has 0 aliphatic rings. The number of aromatic nitrogens is 3. The first-order chi connectivity index (χ1) is 9.71. The quantitative estimate of drug-likeness (QED) is 0.815. The molecule has 0 fully saturated rings. The summed E-state index contributed by atoms with van der Waals surface area (Å²) >= 11 is 1.78. The van der Waals surface area contributed by atoms with Crippen LogP contribution in [0.15, 0.2) is 12.1 Å².